The molecule has 0 saturated heterocycles. The predicted molar refractivity (Wildman–Crippen MR) is 187 cm³/mol. The van der Waals surface area contributed by atoms with E-state index in [0.717, 1.165) is 66.9 Å². The lowest BCUT2D eigenvalue weighted by Crippen LogP contribution is -1.94. The van der Waals surface area contributed by atoms with Crippen LogP contribution in [0.25, 0.3) is 77.7 Å². The minimum atomic E-state index is 0.660. The lowest BCUT2D eigenvalue weighted by Gasteiger charge is -2.13. The standard InChI is InChI=1S/C42H26N4/c43-27-28-13-15-30(16-14-28)35-9-5-7-29-17-18-32(24-38(29)35)31-19-20-37-33(23-31)8-6-10-36(37)34-25-41(39-11-1-3-21-44-39)46-42(26-34)40-12-2-4-22-45-40/h1-26H. The topological polar surface area (TPSA) is 62.5 Å². The molecule has 0 saturated carbocycles. The molecular formula is C42H26N4. The first-order valence-electron chi connectivity index (χ1n) is 15.2. The number of hydrogen-bond acceptors (Lipinski definition) is 4. The number of fused-ring (bicyclic) bond motifs is 2. The van der Waals surface area contributed by atoms with Gasteiger partial charge < -0.3 is 0 Å². The molecule has 0 radical (unpaired) electrons. The molecule has 0 bridgehead atoms. The summed E-state index contributed by atoms with van der Waals surface area (Å²) in [5, 5.41) is 13.9. The van der Waals surface area contributed by atoms with Crippen molar-refractivity contribution in [3.63, 3.8) is 0 Å². The summed E-state index contributed by atoms with van der Waals surface area (Å²) in [5.41, 5.74) is 10.7. The van der Waals surface area contributed by atoms with Crippen LogP contribution < -0.4 is 0 Å². The first kappa shape index (κ1) is 27.1. The maximum absolute atomic E-state index is 9.25. The summed E-state index contributed by atoms with van der Waals surface area (Å²) < 4.78 is 0. The lowest BCUT2D eigenvalue weighted by atomic mass is 9.92. The minimum Gasteiger partial charge on any atom is -0.255 e. The largest absolute Gasteiger partial charge is 0.255 e. The summed E-state index contributed by atoms with van der Waals surface area (Å²) in [4.78, 5) is 14.1. The molecule has 0 unspecified atom stereocenters. The van der Waals surface area contributed by atoms with E-state index in [1.807, 2.05) is 60.7 Å². The van der Waals surface area contributed by atoms with Crippen LogP contribution in [0, 0.1) is 11.3 Å². The highest BCUT2D eigenvalue weighted by Gasteiger charge is 2.13. The zero-order chi connectivity index (χ0) is 30.9. The minimum absolute atomic E-state index is 0.660. The molecule has 0 aliphatic rings. The summed E-state index contributed by atoms with van der Waals surface area (Å²) in [7, 11) is 0. The Morgan fingerprint density at radius 2 is 1.02 bits per heavy atom. The second-order valence-electron chi connectivity index (χ2n) is 11.2. The maximum Gasteiger partial charge on any atom is 0.0991 e. The Bertz CT molecular complexity index is 2350. The second-order valence-corrected chi connectivity index (χ2v) is 11.2. The quantitative estimate of drug-likeness (QED) is 0.201. The van der Waals surface area contributed by atoms with Crippen LogP contribution in [-0.4, -0.2) is 15.0 Å². The Morgan fingerprint density at radius 3 is 1.67 bits per heavy atom. The van der Waals surface area contributed by atoms with Gasteiger partial charge in [0, 0.05) is 12.4 Å². The summed E-state index contributed by atoms with van der Waals surface area (Å²) in [6.07, 6.45) is 3.59. The van der Waals surface area contributed by atoms with Crippen molar-refractivity contribution in [2.75, 3.05) is 0 Å². The van der Waals surface area contributed by atoms with E-state index in [0.29, 0.717) is 5.56 Å². The Morgan fingerprint density at radius 1 is 0.413 bits per heavy atom. The van der Waals surface area contributed by atoms with Gasteiger partial charge in [-0.25, -0.2) is 4.98 Å². The fourth-order valence-electron chi connectivity index (χ4n) is 6.12. The molecule has 0 fully saturated rings. The highest BCUT2D eigenvalue weighted by molar-refractivity contribution is 6.02. The molecular weight excluding hydrogens is 560 g/mol. The van der Waals surface area contributed by atoms with Gasteiger partial charge in [-0.15, -0.1) is 0 Å². The third-order valence-corrected chi connectivity index (χ3v) is 8.41. The molecule has 0 spiro atoms. The second kappa shape index (κ2) is 11.6. The molecule has 0 atom stereocenters. The van der Waals surface area contributed by atoms with Gasteiger partial charge in [-0.3, -0.25) is 9.97 Å². The van der Waals surface area contributed by atoms with Crippen molar-refractivity contribution in [3.8, 4) is 62.2 Å². The van der Waals surface area contributed by atoms with E-state index in [1.54, 1.807) is 12.4 Å². The first-order chi connectivity index (χ1) is 22.7. The van der Waals surface area contributed by atoms with Crippen LogP contribution in [-0.2, 0) is 0 Å². The monoisotopic (exact) mass is 586 g/mol. The van der Waals surface area contributed by atoms with Gasteiger partial charge in [0.1, 0.15) is 0 Å². The van der Waals surface area contributed by atoms with Crippen LogP contribution in [0.2, 0.25) is 0 Å². The number of aromatic nitrogens is 3. The van der Waals surface area contributed by atoms with Gasteiger partial charge in [-0.2, -0.15) is 5.26 Å². The molecule has 5 aromatic carbocycles. The van der Waals surface area contributed by atoms with Crippen LogP contribution in [0.1, 0.15) is 5.56 Å². The Kier molecular flexibility index (Phi) is 6.83. The molecule has 3 aromatic heterocycles. The van der Waals surface area contributed by atoms with Crippen LogP contribution in [0.5, 0.6) is 0 Å². The molecule has 0 aliphatic heterocycles. The molecule has 0 aliphatic carbocycles. The van der Waals surface area contributed by atoms with Gasteiger partial charge in [-0.1, -0.05) is 84.9 Å². The molecule has 46 heavy (non-hydrogen) atoms. The Balaban J connectivity index is 1.24. The van der Waals surface area contributed by atoms with E-state index in [-0.39, 0.29) is 0 Å². The zero-order valence-corrected chi connectivity index (χ0v) is 24.8. The molecule has 4 heteroatoms. The highest BCUT2D eigenvalue weighted by Crippen LogP contribution is 2.37. The van der Waals surface area contributed by atoms with Crippen molar-refractivity contribution in [2.45, 2.75) is 0 Å². The lowest BCUT2D eigenvalue weighted by molar-refractivity contribution is 1.22. The van der Waals surface area contributed by atoms with Crippen molar-refractivity contribution in [1.29, 1.82) is 5.26 Å². The van der Waals surface area contributed by atoms with Crippen molar-refractivity contribution < 1.29 is 0 Å². The highest BCUT2D eigenvalue weighted by atomic mass is 14.8. The third-order valence-electron chi connectivity index (χ3n) is 8.41. The molecule has 8 rings (SSSR count). The third kappa shape index (κ3) is 5.06. The maximum atomic E-state index is 9.25. The summed E-state index contributed by atoms with van der Waals surface area (Å²) in [5.74, 6) is 0. The fraction of sp³-hybridized carbons (Fsp3) is 0. The molecule has 4 nitrogen and oxygen atoms in total. The van der Waals surface area contributed by atoms with E-state index in [2.05, 4.69) is 101 Å². The average Bonchev–Trinajstić information content (AvgIpc) is 3.14. The number of benzene rings is 5. The predicted octanol–water partition coefficient (Wildman–Crippen LogP) is 10.4. The Hall–Kier alpha value is -6.44. The first-order valence-corrected chi connectivity index (χ1v) is 15.2. The van der Waals surface area contributed by atoms with Crippen LogP contribution >= 0.6 is 0 Å². The Labute approximate surface area is 266 Å². The molecule has 3 heterocycles. The van der Waals surface area contributed by atoms with Crippen molar-refractivity contribution in [1.82, 2.24) is 15.0 Å². The normalized spacial score (nSPS) is 11.0. The van der Waals surface area contributed by atoms with E-state index in [9.17, 15) is 5.26 Å². The molecule has 0 amide bonds. The summed E-state index contributed by atoms with van der Waals surface area (Å²) in [6.45, 7) is 0. The van der Waals surface area contributed by atoms with Crippen molar-refractivity contribution in [3.05, 3.63) is 164 Å². The number of pyridine rings is 3. The molecule has 214 valence electrons. The number of nitriles is 1. The van der Waals surface area contributed by atoms with Gasteiger partial charge >= 0.3 is 0 Å². The van der Waals surface area contributed by atoms with E-state index in [1.165, 1.54) is 10.8 Å². The number of rotatable bonds is 5. The van der Waals surface area contributed by atoms with Gasteiger partial charge in [0.05, 0.1) is 34.4 Å². The van der Waals surface area contributed by atoms with Crippen LogP contribution in [0.3, 0.4) is 0 Å². The van der Waals surface area contributed by atoms with Crippen LogP contribution in [0.15, 0.2) is 158 Å². The van der Waals surface area contributed by atoms with Gasteiger partial charge in [0.25, 0.3) is 0 Å². The smallest absolute Gasteiger partial charge is 0.0991 e. The van der Waals surface area contributed by atoms with Gasteiger partial charge in [0.2, 0.25) is 0 Å². The zero-order valence-electron chi connectivity index (χ0n) is 24.8. The van der Waals surface area contributed by atoms with Crippen molar-refractivity contribution in [2.24, 2.45) is 0 Å². The molecule has 8 aromatic rings. The number of nitrogens with zero attached hydrogens (tertiary/aromatic N) is 4. The summed E-state index contributed by atoms with van der Waals surface area (Å²) in [6, 6.07) is 52.2. The fourth-order valence-corrected chi connectivity index (χ4v) is 6.12. The van der Waals surface area contributed by atoms with E-state index >= 15 is 0 Å². The van der Waals surface area contributed by atoms with Gasteiger partial charge in [0.15, 0.2) is 0 Å². The molecule has 0 N–H and O–H groups in total. The summed E-state index contributed by atoms with van der Waals surface area (Å²) >= 11 is 0. The van der Waals surface area contributed by atoms with E-state index < -0.39 is 0 Å². The average molecular weight is 587 g/mol. The van der Waals surface area contributed by atoms with Crippen molar-refractivity contribution >= 4 is 21.5 Å². The van der Waals surface area contributed by atoms with Gasteiger partial charge in [-0.05, 0) is 116 Å². The number of hydrogen-bond donors (Lipinski definition) is 0. The SMILES string of the molecule is N#Cc1ccc(-c2cccc3ccc(-c4ccc5c(-c6cc(-c7ccccn7)nc(-c7ccccn7)c6)cccc5c4)cc23)cc1. The van der Waals surface area contributed by atoms with Crippen LogP contribution in [0.4, 0.5) is 0 Å². The van der Waals surface area contributed by atoms with E-state index in [4.69, 9.17) is 4.98 Å².